The van der Waals surface area contributed by atoms with Crippen molar-refractivity contribution in [3.63, 3.8) is 0 Å². The van der Waals surface area contributed by atoms with Crippen molar-refractivity contribution in [1.82, 2.24) is 9.97 Å². The lowest BCUT2D eigenvalue weighted by molar-refractivity contribution is 0.177. The molecule has 0 aliphatic carbocycles. The Hall–Kier alpha value is -0.480. The Morgan fingerprint density at radius 1 is 1.80 bits per heavy atom. The van der Waals surface area contributed by atoms with Crippen LogP contribution in [-0.4, -0.2) is 17.0 Å². The van der Waals surface area contributed by atoms with Crippen LogP contribution in [0.2, 0.25) is 0 Å². The van der Waals surface area contributed by atoms with Crippen molar-refractivity contribution in [3.8, 4) is 0 Å². The lowest BCUT2D eigenvalue weighted by Crippen LogP contribution is -1.94. The summed E-state index contributed by atoms with van der Waals surface area (Å²) < 4.78 is 39.8. The van der Waals surface area contributed by atoms with Crippen LogP contribution in [0.4, 0.5) is 0 Å². The zero-order valence-electron chi connectivity index (χ0n) is 9.84. The molecule has 0 saturated heterocycles. The van der Waals surface area contributed by atoms with Crippen LogP contribution in [0.1, 0.15) is 12.7 Å². The van der Waals surface area contributed by atoms with Crippen LogP contribution in [0.25, 0.3) is 0 Å². The van der Waals surface area contributed by atoms with Crippen LogP contribution < -0.4 is 0 Å². The molecule has 1 heterocycles. The molecule has 10 heavy (non-hydrogen) atoms. The van der Waals surface area contributed by atoms with E-state index in [0.29, 0.717) is 4.47 Å². The van der Waals surface area contributed by atoms with E-state index in [1.54, 1.807) is 0 Å². The summed E-state index contributed by atoms with van der Waals surface area (Å²) in [6, 6.07) is 0. The Balaban J connectivity index is 2.90. The molecule has 1 aromatic heterocycles. The first-order chi connectivity index (χ1) is 6.71. The van der Waals surface area contributed by atoms with Gasteiger partial charge in [0.15, 0.2) is 5.82 Å². The third-order valence-corrected chi connectivity index (χ3v) is 1.17. The molecule has 3 nitrogen and oxygen atoms in total. The molecule has 1 aromatic rings. The van der Waals surface area contributed by atoms with Gasteiger partial charge in [-0.25, -0.2) is 9.97 Å². The lowest BCUT2D eigenvalue weighted by Gasteiger charge is -1.95. The predicted molar refractivity (Wildman–Crippen MR) is 40.4 cm³/mol. The van der Waals surface area contributed by atoms with Gasteiger partial charge in [-0.05, 0) is 15.9 Å². The average molecular weight is 208 g/mol. The van der Waals surface area contributed by atoms with Gasteiger partial charge in [-0.3, -0.25) is 0 Å². The van der Waals surface area contributed by atoms with E-state index in [2.05, 4.69) is 30.6 Å². The highest BCUT2D eigenvalue weighted by atomic mass is 79.9. The second kappa shape index (κ2) is 3.63. The first kappa shape index (κ1) is 3.28. The molecular weight excluding hydrogens is 196 g/mol. The third kappa shape index (κ3) is 2.04. The molecule has 0 fully saturated rings. The van der Waals surface area contributed by atoms with Crippen LogP contribution in [0, 0.1) is 0 Å². The fourth-order valence-corrected chi connectivity index (χ4v) is 0.615. The molecular formula is C6H7BrN2O. The van der Waals surface area contributed by atoms with E-state index in [1.807, 2.05) is 0 Å². The molecule has 0 amide bonds. The van der Waals surface area contributed by atoms with Gasteiger partial charge in [0.1, 0.15) is 6.56 Å². The summed E-state index contributed by atoms with van der Waals surface area (Å²) in [7, 11) is -2.83. The number of halogens is 1. The van der Waals surface area contributed by atoms with Gasteiger partial charge in [-0.2, -0.15) is 0 Å². The van der Waals surface area contributed by atoms with Crippen molar-refractivity contribution >= 4 is 15.9 Å². The topological polar surface area (TPSA) is 35.0 Å². The van der Waals surface area contributed by atoms with Crippen molar-refractivity contribution in [2.75, 3.05) is 7.04 Å². The van der Waals surface area contributed by atoms with E-state index in [1.165, 1.54) is 12.4 Å². The Labute approximate surface area is 74.6 Å². The second-order valence-corrected chi connectivity index (χ2v) is 2.34. The molecule has 0 N–H and O–H groups in total. The molecule has 0 bridgehead atoms. The molecule has 0 spiro atoms. The third-order valence-electron chi connectivity index (χ3n) is 0.763. The number of aromatic nitrogens is 2. The van der Waals surface area contributed by atoms with E-state index in [4.69, 9.17) is 6.85 Å². The summed E-state index contributed by atoms with van der Waals surface area (Å²) in [6.45, 7) is -2.54. The van der Waals surface area contributed by atoms with E-state index in [-0.39, 0.29) is 5.82 Å². The maximum absolute atomic E-state index is 7.34. The highest BCUT2D eigenvalue weighted by Gasteiger charge is 1.92. The molecule has 0 aliphatic heterocycles. The van der Waals surface area contributed by atoms with E-state index >= 15 is 0 Å². The lowest BCUT2D eigenvalue weighted by atomic mass is 10.6. The molecule has 0 aliphatic rings. The van der Waals surface area contributed by atoms with Crippen LogP contribution in [0.5, 0.6) is 0 Å². The average Bonchev–Trinajstić information content (AvgIpc) is 2.00. The SMILES string of the molecule is [2H]C([2H])([2H])OC([2H])([2H])c1ncc(Br)cn1. The Kier molecular flexibility index (Phi) is 1.19. The van der Waals surface area contributed by atoms with Crippen LogP contribution >= 0.6 is 15.9 Å². The van der Waals surface area contributed by atoms with Crippen molar-refractivity contribution in [3.05, 3.63) is 22.7 Å². The van der Waals surface area contributed by atoms with Gasteiger partial charge in [0.05, 0.1) is 11.3 Å². The smallest absolute Gasteiger partial charge is 0.153 e. The first-order valence-electron chi connectivity index (χ1n) is 4.89. The number of rotatable bonds is 2. The normalized spacial score (nSPS) is 19.9. The van der Waals surface area contributed by atoms with E-state index < -0.39 is 13.6 Å². The molecule has 0 radical (unpaired) electrons. The van der Waals surface area contributed by atoms with Gasteiger partial charge >= 0.3 is 0 Å². The molecule has 4 heteroatoms. The maximum atomic E-state index is 7.34. The first-order valence-corrected chi connectivity index (χ1v) is 3.18. The maximum Gasteiger partial charge on any atom is 0.153 e. The van der Waals surface area contributed by atoms with Gasteiger partial charge < -0.3 is 4.74 Å². The zero-order valence-corrected chi connectivity index (χ0v) is 6.42. The zero-order chi connectivity index (χ0) is 11.7. The van der Waals surface area contributed by atoms with Crippen molar-refractivity contribution < 1.29 is 11.6 Å². The molecule has 0 atom stereocenters. The highest BCUT2D eigenvalue weighted by molar-refractivity contribution is 9.10. The van der Waals surface area contributed by atoms with Gasteiger partial charge in [0.25, 0.3) is 0 Å². The summed E-state index contributed by atoms with van der Waals surface area (Å²) in [6.07, 6.45) is 2.62. The number of methoxy groups -OCH3 is 1. The number of nitrogens with zero attached hydrogens (tertiary/aromatic N) is 2. The quantitative estimate of drug-likeness (QED) is 0.736. The molecule has 0 aromatic carbocycles. The number of hydrogen-bond acceptors (Lipinski definition) is 3. The largest absolute Gasteiger partial charge is 0.377 e. The molecule has 0 saturated carbocycles. The summed E-state index contributed by atoms with van der Waals surface area (Å²) >= 11 is 3.07. The second-order valence-electron chi connectivity index (χ2n) is 1.43. The van der Waals surface area contributed by atoms with Gasteiger partial charge in [0.2, 0.25) is 0 Å². The van der Waals surface area contributed by atoms with Gasteiger partial charge in [0, 0.05) is 19.4 Å². The molecule has 1 rings (SSSR count). The van der Waals surface area contributed by atoms with Crippen LogP contribution in [-0.2, 0) is 11.3 Å². The number of ether oxygens (including phenoxy) is 1. The van der Waals surface area contributed by atoms with Gasteiger partial charge in [-0.1, -0.05) is 0 Å². The molecule has 54 valence electrons. The summed E-state index contributed by atoms with van der Waals surface area (Å²) in [5.41, 5.74) is 0. The summed E-state index contributed by atoms with van der Waals surface area (Å²) in [5.74, 6) is -0.332. The van der Waals surface area contributed by atoms with Gasteiger partial charge in [-0.15, -0.1) is 0 Å². The minimum absolute atomic E-state index is 0.332. The van der Waals surface area contributed by atoms with Crippen molar-refractivity contribution in [2.24, 2.45) is 0 Å². The number of hydrogen-bond donors (Lipinski definition) is 0. The van der Waals surface area contributed by atoms with Crippen LogP contribution in [0.15, 0.2) is 16.9 Å². The Bertz CT molecular complexity index is 338. The predicted octanol–water partition coefficient (Wildman–Crippen LogP) is 1.39. The Morgan fingerprint density at radius 3 is 3.10 bits per heavy atom. The fourth-order valence-electron chi connectivity index (χ4n) is 0.411. The fraction of sp³-hybridized carbons (Fsp3) is 0.333. The standard InChI is InChI=1S/C6H7BrN2O/c1-10-4-6-8-2-5(7)3-9-6/h2-3H,4H2,1H3/i1D3,4D2. The highest BCUT2D eigenvalue weighted by Crippen LogP contribution is 2.04. The minimum atomic E-state index is -2.83. The van der Waals surface area contributed by atoms with E-state index in [9.17, 15) is 0 Å². The van der Waals surface area contributed by atoms with Crippen LogP contribution in [0.3, 0.4) is 0 Å². The monoisotopic (exact) mass is 207 g/mol. The minimum Gasteiger partial charge on any atom is -0.377 e. The van der Waals surface area contributed by atoms with Crippen molar-refractivity contribution in [2.45, 2.75) is 6.56 Å². The molecule has 0 unspecified atom stereocenters. The summed E-state index contributed by atoms with van der Waals surface area (Å²) in [4.78, 5) is 7.25. The Morgan fingerprint density at radius 2 is 2.50 bits per heavy atom. The van der Waals surface area contributed by atoms with Crippen molar-refractivity contribution in [1.29, 1.82) is 0 Å². The summed E-state index contributed by atoms with van der Waals surface area (Å²) in [5, 5.41) is 0. The van der Waals surface area contributed by atoms with E-state index in [0.717, 1.165) is 0 Å².